The van der Waals surface area contributed by atoms with Gasteiger partial charge in [0, 0.05) is 23.6 Å². The zero-order valence-electron chi connectivity index (χ0n) is 11.2. The third kappa shape index (κ3) is 4.00. The summed E-state index contributed by atoms with van der Waals surface area (Å²) in [5.41, 5.74) is 2.16. The van der Waals surface area contributed by atoms with Crippen molar-refractivity contribution in [1.82, 2.24) is 15.5 Å². The van der Waals surface area contributed by atoms with Gasteiger partial charge in [0.25, 0.3) is 0 Å². The molecule has 0 spiro atoms. The van der Waals surface area contributed by atoms with Gasteiger partial charge in [-0.3, -0.25) is 0 Å². The molecule has 2 aromatic rings. The van der Waals surface area contributed by atoms with E-state index in [2.05, 4.69) is 28.5 Å². The van der Waals surface area contributed by atoms with Crippen molar-refractivity contribution in [3.63, 3.8) is 0 Å². The summed E-state index contributed by atoms with van der Waals surface area (Å²) in [4.78, 5) is 0. The summed E-state index contributed by atoms with van der Waals surface area (Å²) in [6.45, 7) is 6.19. The summed E-state index contributed by atoms with van der Waals surface area (Å²) in [5.74, 6) is 0. The third-order valence-electron chi connectivity index (χ3n) is 2.81. The van der Waals surface area contributed by atoms with Crippen molar-refractivity contribution in [1.29, 1.82) is 0 Å². The maximum absolute atomic E-state index is 6.03. The molecule has 1 aromatic carbocycles. The summed E-state index contributed by atoms with van der Waals surface area (Å²) >= 11 is 7.68. The highest BCUT2D eigenvalue weighted by Crippen LogP contribution is 2.27. The van der Waals surface area contributed by atoms with Crippen LogP contribution >= 0.6 is 22.9 Å². The van der Waals surface area contributed by atoms with E-state index in [-0.39, 0.29) is 0 Å². The van der Waals surface area contributed by atoms with E-state index in [1.807, 2.05) is 19.1 Å². The molecule has 0 aliphatic heterocycles. The van der Waals surface area contributed by atoms with Crippen LogP contribution < -0.4 is 5.32 Å². The van der Waals surface area contributed by atoms with Crippen molar-refractivity contribution in [3.8, 4) is 10.6 Å². The Hall–Kier alpha value is -0.970. The van der Waals surface area contributed by atoms with Crippen LogP contribution in [0.25, 0.3) is 10.6 Å². The van der Waals surface area contributed by atoms with Gasteiger partial charge in [0.15, 0.2) is 0 Å². The first-order valence-corrected chi connectivity index (χ1v) is 7.69. The Morgan fingerprint density at radius 3 is 2.84 bits per heavy atom. The molecule has 1 aromatic heterocycles. The standard InChI is InChI=1S/C14H18ClN3S/c1-3-7-16-8-6-13-17-18-14(19-13)11-4-5-12(15)10(2)9-11/h4-5,9,16H,3,6-8H2,1-2H3. The number of aryl methyl sites for hydroxylation is 1. The predicted octanol–water partition coefficient (Wildman–Crippen LogP) is 3.71. The minimum atomic E-state index is 0.789. The first-order valence-electron chi connectivity index (χ1n) is 6.50. The van der Waals surface area contributed by atoms with Crippen LogP contribution in [0.4, 0.5) is 0 Å². The van der Waals surface area contributed by atoms with Gasteiger partial charge in [0.05, 0.1) is 0 Å². The maximum atomic E-state index is 6.03. The molecule has 1 N–H and O–H groups in total. The molecule has 2 rings (SSSR count). The monoisotopic (exact) mass is 295 g/mol. The Balaban J connectivity index is 2.01. The van der Waals surface area contributed by atoms with Crippen molar-refractivity contribution in [2.24, 2.45) is 0 Å². The molecule has 0 radical (unpaired) electrons. The van der Waals surface area contributed by atoms with Crippen molar-refractivity contribution in [2.75, 3.05) is 13.1 Å². The highest BCUT2D eigenvalue weighted by Gasteiger charge is 2.07. The van der Waals surface area contributed by atoms with E-state index >= 15 is 0 Å². The Morgan fingerprint density at radius 1 is 1.26 bits per heavy atom. The highest BCUT2D eigenvalue weighted by molar-refractivity contribution is 7.14. The zero-order chi connectivity index (χ0) is 13.7. The summed E-state index contributed by atoms with van der Waals surface area (Å²) in [7, 11) is 0. The Labute approximate surface area is 123 Å². The number of benzene rings is 1. The predicted molar refractivity (Wildman–Crippen MR) is 82.0 cm³/mol. The van der Waals surface area contributed by atoms with Gasteiger partial charge >= 0.3 is 0 Å². The molecule has 0 atom stereocenters. The number of rotatable bonds is 6. The largest absolute Gasteiger partial charge is 0.316 e. The lowest BCUT2D eigenvalue weighted by molar-refractivity contribution is 0.668. The minimum absolute atomic E-state index is 0.789. The van der Waals surface area contributed by atoms with Gasteiger partial charge in [0.2, 0.25) is 0 Å². The van der Waals surface area contributed by atoms with Crippen molar-refractivity contribution < 1.29 is 0 Å². The number of nitrogens with one attached hydrogen (secondary N) is 1. The summed E-state index contributed by atoms with van der Waals surface area (Å²) in [5, 5.41) is 14.7. The van der Waals surface area contributed by atoms with Crippen LogP contribution in [0.15, 0.2) is 18.2 Å². The second-order valence-electron chi connectivity index (χ2n) is 4.46. The molecule has 102 valence electrons. The molecule has 3 nitrogen and oxygen atoms in total. The van der Waals surface area contributed by atoms with Crippen molar-refractivity contribution in [2.45, 2.75) is 26.7 Å². The van der Waals surface area contributed by atoms with Gasteiger partial charge < -0.3 is 5.32 Å². The first kappa shape index (κ1) is 14.4. The number of aromatic nitrogens is 2. The normalized spacial score (nSPS) is 10.9. The van der Waals surface area contributed by atoms with Gasteiger partial charge in [0.1, 0.15) is 10.0 Å². The molecule has 0 amide bonds. The summed E-state index contributed by atoms with van der Waals surface area (Å²) in [6.07, 6.45) is 2.09. The van der Waals surface area contributed by atoms with E-state index in [4.69, 9.17) is 11.6 Å². The molecule has 19 heavy (non-hydrogen) atoms. The van der Waals surface area contributed by atoms with Gasteiger partial charge in [-0.05, 0) is 37.6 Å². The molecule has 5 heteroatoms. The van der Waals surface area contributed by atoms with Crippen LogP contribution in [-0.2, 0) is 6.42 Å². The lowest BCUT2D eigenvalue weighted by Crippen LogP contribution is -2.17. The van der Waals surface area contributed by atoms with E-state index in [1.54, 1.807) is 11.3 Å². The van der Waals surface area contributed by atoms with E-state index in [9.17, 15) is 0 Å². The van der Waals surface area contributed by atoms with Crippen LogP contribution in [0.3, 0.4) is 0 Å². The van der Waals surface area contributed by atoms with Crippen LogP contribution in [0.2, 0.25) is 5.02 Å². The molecule has 1 heterocycles. The topological polar surface area (TPSA) is 37.8 Å². The molecular weight excluding hydrogens is 278 g/mol. The molecule has 0 aliphatic rings. The van der Waals surface area contributed by atoms with Crippen molar-refractivity contribution in [3.05, 3.63) is 33.8 Å². The lowest BCUT2D eigenvalue weighted by Gasteiger charge is -2.00. The Bertz CT molecular complexity index is 539. The molecule has 0 aliphatic carbocycles. The van der Waals surface area contributed by atoms with Gasteiger partial charge in [-0.1, -0.05) is 35.9 Å². The fourth-order valence-electron chi connectivity index (χ4n) is 1.75. The van der Waals surface area contributed by atoms with E-state index in [0.717, 1.165) is 52.1 Å². The Morgan fingerprint density at radius 2 is 2.11 bits per heavy atom. The summed E-state index contributed by atoms with van der Waals surface area (Å²) < 4.78 is 0. The minimum Gasteiger partial charge on any atom is -0.316 e. The van der Waals surface area contributed by atoms with Crippen LogP contribution in [-0.4, -0.2) is 23.3 Å². The number of hydrogen-bond acceptors (Lipinski definition) is 4. The molecule has 0 saturated carbocycles. The smallest absolute Gasteiger partial charge is 0.147 e. The fraction of sp³-hybridized carbons (Fsp3) is 0.429. The van der Waals surface area contributed by atoms with Crippen molar-refractivity contribution >= 4 is 22.9 Å². The Kier molecular flexibility index (Phi) is 5.31. The number of halogens is 1. The van der Waals surface area contributed by atoms with Gasteiger partial charge in [-0.15, -0.1) is 10.2 Å². The molecular formula is C14H18ClN3S. The molecule has 0 fully saturated rings. The number of hydrogen-bond donors (Lipinski definition) is 1. The van der Waals surface area contributed by atoms with Crippen LogP contribution in [0.5, 0.6) is 0 Å². The second-order valence-corrected chi connectivity index (χ2v) is 5.93. The lowest BCUT2D eigenvalue weighted by atomic mass is 10.1. The quantitative estimate of drug-likeness (QED) is 0.826. The number of nitrogens with zero attached hydrogens (tertiary/aromatic N) is 2. The maximum Gasteiger partial charge on any atom is 0.147 e. The van der Waals surface area contributed by atoms with E-state index in [0.29, 0.717) is 0 Å². The second kappa shape index (κ2) is 6.98. The van der Waals surface area contributed by atoms with Crippen LogP contribution in [0.1, 0.15) is 23.9 Å². The average molecular weight is 296 g/mol. The van der Waals surface area contributed by atoms with Gasteiger partial charge in [-0.2, -0.15) is 0 Å². The first-order chi connectivity index (χ1) is 9.20. The summed E-state index contributed by atoms with van der Waals surface area (Å²) in [6, 6.07) is 5.97. The molecule has 0 unspecified atom stereocenters. The van der Waals surface area contributed by atoms with Gasteiger partial charge in [-0.25, -0.2) is 0 Å². The van der Waals surface area contributed by atoms with E-state index in [1.165, 1.54) is 0 Å². The molecule has 0 bridgehead atoms. The SMILES string of the molecule is CCCNCCc1nnc(-c2ccc(Cl)c(C)c2)s1. The third-order valence-corrected chi connectivity index (χ3v) is 4.27. The average Bonchev–Trinajstić information content (AvgIpc) is 2.87. The highest BCUT2D eigenvalue weighted by atomic mass is 35.5. The fourth-order valence-corrected chi connectivity index (χ4v) is 2.70. The van der Waals surface area contributed by atoms with Crippen LogP contribution in [0, 0.1) is 6.92 Å². The zero-order valence-corrected chi connectivity index (χ0v) is 12.8. The molecule has 0 saturated heterocycles. The van der Waals surface area contributed by atoms with E-state index < -0.39 is 0 Å².